The second kappa shape index (κ2) is 9.37. The van der Waals surface area contributed by atoms with Crippen LogP contribution in [0.15, 0.2) is 84.9 Å². The van der Waals surface area contributed by atoms with E-state index in [1.165, 1.54) is 0 Å². The summed E-state index contributed by atoms with van der Waals surface area (Å²) in [7, 11) is 0. The van der Waals surface area contributed by atoms with E-state index in [1.807, 2.05) is 67.6 Å². The summed E-state index contributed by atoms with van der Waals surface area (Å²) >= 11 is 0. The number of para-hydroxylation sites is 1. The highest BCUT2D eigenvalue weighted by atomic mass is 16.2. The van der Waals surface area contributed by atoms with Gasteiger partial charge in [0.2, 0.25) is 5.91 Å². The Labute approximate surface area is 164 Å². The largest absolute Gasteiger partial charge is 0.376 e. The Morgan fingerprint density at radius 3 is 2.04 bits per heavy atom. The third-order valence-corrected chi connectivity index (χ3v) is 4.30. The van der Waals surface area contributed by atoms with Crippen molar-refractivity contribution in [2.45, 2.75) is 13.0 Å². The number of anilines is 2. The molecule has 3 aromatic carbocycles. The number of carbonyl (C=O) groups is 2. The first-order valence-corrected chi connectivity index (χ1v) is 9.16. The van der Waals surface area contributed by atoms with Crippen LogP contribution in [0.4, 0.5) is 11.4 Å². The second-order valence-electron chi connectivity index (χ2n) is 6.45. The molecule has 0 bridgehead atoms. The van der Waals surface area contributed by atoms with E-state index >= 15 is 0 Å². The quantitative estimate of drug-likeness (QED) is 0.580. The van der Waals surface area contributed by atoms with Crippen LogP contribution in [0.5, 0.6) is 0 Å². The van der Waals surface area contributed by atoms with Crippen LogP contribution in [-0.4, -0.2) is 18.4 Å². The van der Waals surface area contributed by atoms with Crippen molar-refractivity contribution in [1.82, 2.24) is 5.32 Å². The summed E-state index contributed by atoms with van der Waals surface area (Å²) in [5.74, 6) is -0.269. The van der Waals surface area contributed by atoms with Crippen LogP contribution in [0.25, 0.3) is 0 Å². The lowest BCUT2D eigenvalue weighted by atomic mass is 10.1. The Morgan fingerprint density at radius 1 is 0.786 bits per heavy atom. The van der Waals surface area contributed by atoms with Gasteiger partial charge < -0.3 is 16.0 Å². The van der Waals surface area contributed by atoms with Crippen molar-refractivity contribution in [2.75, 3.05) is 17.2 Å². The van der Waals surface area contributed by atoms with Gasteiger partial charge >= 0.3 is 0 Å². The van der Waals surface area contributed by atoms with Gasteiger partial charge in [-0.25, -0.2) is 0 Å². The van der Waals surface area contributed by atoms with Crippen LogP contribution in [0.1, 0.15) is 28.9 Å². The molecule has 142 valence electrons. The molecule has 28 heavy (non-hydrogen) atoms. The minimum Gasteiger partial charge on any atom is -0.376 e. The number of amides is 2. The van der Waals surface area contributed by atoms with E-state index in [0.717, 1.165) is 16.9 Å². The maximum atomic E-state index is 12.4. The standard InChI is InChI=1S/C23H23N3O2/c1-17(18-8-4-2-5-9-18)25-23(28)19-12-14-20(15-13-19)24-16-22(27)26-21-10-6-3-7-11-21/h2-15,17,24H,16H2,1H3,(H,25,28)(H,26,27). The van der Waals surface area contributed by atoms with Gasteiger partial charge in [-0.1, -0.05) is 48.5 Å². The molecule has 5 heteroatoms. The normalized spacial score (nSPS) is 11.3. The van der Waals surface area contributed by atoms with Crippen LogP contribution >= 0.6 is 0 Å². The summed E-state index contributed by atoms with van der Waals surface area (Å²) in [5, 5.41) is 8.85. The van der Waals surface area contributed by atoms with Crippen LogP contribution in [0, 0.1) is 0 Å². The topological polar surface area (TPSA) is 70.2 Å². The first-order chi connectivity index (χ1) is 13.6. The molecule has 0 saturated carbocycles. The summed E-state index contributed by atoms with van der Waals surface area (Å²) in [6.45, 7) is 2.10. The van der Waals surface area contributed by atoms with Crippen molar-refractivity contribution in [3.63, 3.8) is 0 Å². The molecule has 0 saturated heterocycles. The molecule has 2 amide bonds. The molecule has 3 N–H and O–H groups in total. The minimum atomic E-state index is -0.135. The molecule has 0 radical (unpaired) electrons. The van der Waals surface area contributed by atoms with E-state index in [4.69, 9.17) is 0 Å². The molecular weight excluding hydrogens is 350 g/mol. The van der Waals surface area contributed by atoms with Gasteiger partial charge in [-0.15, -0.1) is 0 Å². The van der Waals surface area contributed by atoms with E-state index in [-0.39, 0.29) is 24.4 Å². The van der Waals surface area contributed by atoms with Gasteiger partial charge in [0.1, 0.15) is 0 Å². The highest BCUT2D eigenvalue weighted by Gasteiger charge is 2.11. The van der Waals surface area contributed by atoms with Crippen molar-refractivity contribution < 1.29 is 9.59 Å². The molecule has 0 heterocycles. The number of nitrogens with one attached hydrogen (secondary N) is 3. The average molecular weight is 373 g/mol. The molecule has 0 aliphatic rings. The fourth-order valence-corrected chi connectivity index (χ4v) is 2.75. The molecule has 0 aromatic heterocycles. The second-order valence-corrected chi connectivity index (χ2v) is 6.45. The Hall–Kier alpha value is -3.60. The zero-order valence-corrected chi connectivity index (χ0v) is 15.7. The van der Waals surface area contributed by atoms with Gasteiger partial charge in [-0.2, -0.15) is 0 Å². The van der Waals surface area contributed by atoms with E-state index in [0.29, 0.717) is 5.56 Å². The van der Waals surface area contributed by atoms with Crippen LogP contribution < -0.4 is 16.0 Å². The van der Waals surface area contributed by atoms with Crippen LogP contribution in [0.2, 0.25) is 0 Å². The molecule has 0 aliphatic heterocycles. The Balaban J connectivity index is 1.50. The van der Waals surface area contributed by atoms with Gasteiger partial charge in [0.25, 0.3) is 5.91 Å². The van der Waals surface area contributed by atoms with Gasteiger partial charge in [0.05, 0.1) is 12.6 Å². The fourth-order valence-electron chi connectivity index (χ4n) is 2.75. The Morgan fingerprint density at radius 2 is 1.39 bits per heavy atom. The first kappa shape index (κ1) is 19.2. The summed E-state index contributed by atoms with van der Waals surface area (Å²) in [4.78, 5) is 24.4. The van der Waals surface area contributed by atoms with E-state index < -0.39 is 0 Å². The van der Waals surface area contributed by atoms with Crippen LogP contribution in [-0.2, 0) is 4.79 Å². The van der Waals surface area contributed by atoms with Gasteiger partial charge in [-0.3, -0.25) is 9.59 Å². The number of hydrogen-bond acceptors (Lipinski definition) is 3. The Bertz CT molecular complexity index is 910. The highest BCUT2D eigenvalue weighted by Crippen LogP contribution is 2.14. The lowest BCUT2D eigenvalue weighted by Gasteiger charge is -2.14. The predicted octanol–water partition coefficient (Wildman–Crippen LogP) is 4.23. The molecule has 3 rings (SSSR count). The number of carbonyl (C=O) groups excluding carboxylic acids is 2. The van der Waals surface area contributed by atoms with Crippen molar-refractivity contribution in [3.05, 3.63) is 96.1 Å². The summed E-state index contributed by atoms with van der Waals surface area (Å²) in [5.41, 5.74) is 3.16. The molecule has 5 nitrogen and oxygen atoms in total. The lowest BCUT2D eigenvalue weighted by molar-refractivity contribution is -0.114. The Kier molecular flexibility index (Phi) is 6.41. The smallest absolute Gasteiger partial charge is 0.251 e. The fraction of sp³-hybridized carbons (Fsp3) is 0.130. The maximum absolute atomic E-state index is 12.4. The molecule has 0 aliphatic carbocycles. The van der Waals surface area contributed by atoms with Crippen molar-refractivity contribution >= 4 is 23.2 Å². The number of rotatable bonds is 7. The molecule has 3 aromatic rings. The van der Waals surface area contributed by atoms with Gasteiger partial charge in [-0.05, 0) is 48.9 Å². The van der Waals surface area contributed by atoms with Crippen LogP contribution in [0.3, 0.4) is 0 Å². The molecule has 0 spiro atoms. The minimum absolute atomic E-state index is 0.0758. The van der Waals surface area contributed by atoms with E-state index in [9.17, 15) is 9.59 Å². The van der Waals surface area contributed by atoms with E-state index in [1.54, 1.807) is 24.3 Å². The van der Waals surface area contributed by atoms with Crippen molar-refractivity contribution in [2.24, 2.45) is 0 Å². The third kappa shape index (κ3) is 5.45. The first-order valence-electron chi connectivity index (χ1n) is 9.16. The third-order valence-electron chi connectivity index (χ3n) is 4.30. The SMILES string of the molecule is CC(NC(=O)c1ccc(NCC(=O)Nc2ccccc2)cc1)c1ccccc1. The van der Waals surface area contributed by atoms with E-state index in [2.05, 4.69) is 16.0 Å². The highest BCUT2D eigenvalue weighted by molar-refractivity contribution is 5.95. The van der Waals surface area contributed by atoms with Gasteiger partial charge in [0.15, 0.2) is 0 Å². The molecule has 0 fully saturated rings. The average Bonchev–Trinajstić information content (AvgIpc) is 2.74. The van der Waals surface area contributed by atoms with Crippen molar-refractivity contribution in [1.29, 1.82) is 0 Å². The molecule has 1 atom stereocenters. The maximum Gasteiger partial charge on any atom is 0.251 e. The summed E-state index contributed by atoms with van der Waals surface area (Å²) in [6.07, 6.45) is 0. The molecular formula is C23H23N3O2. The van der Waals surface area contributed by atoms with Crippen molar-refractivity contribution in [3.8, 4) is 0 Å². The zero-order valence-electron chi connectivity index (χ0n) is 15.7. The summed E-state index contributed by atoms with van der Waals surface area (Å²) in [6, 6.07) is 26.1. The lowest BCUT2D eigenvalue weighted by Crippen LogP contribution is -2.26. The number of benzene rings is 3. The number of hydrogen-bond donors (Lipinski definition) is 3. The van der Waals surface area contributed by atoms with Gasteiger partial charge in [0, 0.05) is 16.9 Å². The molecule has 1 unspecified atom stereocenters. The monoisotopic (exact) mass is 373 g/mol. The summed E-state index contributed by atoms with van der Waals surface area (Å²) < 4.78 is 0. The zero-order chi connectivity index (χ0) is 19.8. The predicted molar refractivity (Wildman–Crippen MR) is 112 cm³/mol.